The highest BCUT2D eigenvalue weighted by Gasteiger charge is 2.23. The number of carbonyl (C=O) groups is 2. The Morgan fingerprint density at radius 2 is 1.86 bits per heavy atom. The maximum absolute atomic E-state index is 12.5. The van der Waals surface area contributed by atoms with E-state index in [-0.39, 0.29) is 16.3 Å². The van der Waals surface area contributed by atoms with Gasteiger partial charge in [-0.3, -0.25) is 9.10 Å². The average Bonchev–Trinajstić information content (AvgIpc) is 2.62. The van der Waals surface area contributed by atoms with Crippen LogP contribution in [-0.4, -0.2) is 40.2 Å². The van der Waals surface area contributed by atoms with Crippen molar-refractivity contribution in [3.8, 4) is 0 Å². The molecule has 0 saturated heterocycles. The van der Waals surface area contributed by atoms with Crippen LogP contribution in [0.25, 0.3) is 0 Å². The van der Waals surface area contributed by atoms with Gasteiger partial charge in [-0.05, 0) is 49.2 Å². The van der Waals surface area contributed by atoms with E-state index in [1.54, 1.807) is 19.1 Å². The summed E-state index contributed by atoms with van der Waals surface area (Å²) in [5.41, 5.74) is 2.47. The fourth-order valence-electron chi connectivity index (χ4n) is 2.57. The number of aryl methyl sites for hydroxylation is 1. The number of hydrogen-bond donors (Lipinski definition) is 1. The monoisotopic (exact) mass is 424 g/mol. The molecule has 0 aliphatic carbocycles. The molecule has 9 heteroatoms. The van der Waals surface area contributed by atoms with Crippen LogP contribution in [0, 0.1) is 13.8 Å². The highest BCUT2D eigenvalue weighted by atomic mass is 35.5. The van der Waals surface area contributed by atoms with Crippen molar-refractivity contribution in [3.05, 3.63) is 58.1 Å². The molecule has 0 fully saturated rings. The molecule has 0 aromatic heterocycles. The first-order valence-electron chi connectivity index (χ1n) is 8.26. The molecule has 0 heterocycles. The summed E-state index contributed by atoms with van der Waals surface area (Å²) in [6.07, 6.45) is 1.03. The second-order valence-electron chi connectivity index (χ2n) is 6.22. The van der Waals surface area contributed by atoms with Crippen LogP contribution in [-0.2, 0) is 19.6 Å². The minimum atomic E-state index is -3.71. The Morgan fingerprint density at radius 1 is 1.18 bits per heavy atom. The molecule has 2 rings (SSSR count). The highest BCUT2D eigenvalue weighted by Crippen LogP contribution is 2.26. The maximum atomic E-state index is 12.5. The number of esters is 1. The molecule has 7 nitrogen and oxygen atoms in total. The predicted molar refractivity (Wildman–Crippen MR) is 110 cm³/mol. The van der Waals surface area contributed by atoms with E-state index in [1.807, 2.05) is 13.0 Å². The molecule has 2 aromatic rings. The first-order valence-corrected chi connectivity index (χ1v) is 10.5. The third-order valence-electron chi connectivity index (χ3n) is 4.19. The summed E-state index contributed by atoms with van der Waals surface area (Å²) in [7, 11) is -2.48. The van der Waals surface area contributed by atoms with Crippen LogP contribution < -0.4 is 9.62 Å². The van der Waals surface area contributed by atoms with Crippen molar-refractivity contribution in [2.24, 2.45) is 0 Å². The van der Waals surface area contributed by atoms with Crippen molar-refractivity contribution in [1.82, 2.24) is 0 Å². The highest BCUT2D eigenvalue weighted by molar-refractivity contribution is 7.92. The van der Waals surface area contributed by atoms with Gasteiger partial charge in [0.25, 0.3) is 0 Å². The molecule has 0 radical (unpaired) electrons. The fourth-order valence-corrected chi connectivity index (χ4v) is 3.64. The Morgan fingerprint density at radius 3 is 2.46 bits per heavy atom. The van der Waals surface area contributed by atoms with Crippen LogP contribution in [0.3, 0.4) is 0 Å². The van der Waals surface area contributed by atoms with Gasteiger partial charge in [-0.1, -0.05) is 23.7 Å². The van der Waals surface area contributed by atoms with Crippen LogP contribution in [0.15, 0.2) is 36.4 Å². The number of rotatable bonds is 6. The lowest BCUT2D eigenvalue weighted by Crippen LogP contribution is -2.38. The molecule has 0 atom stereocenters. The number of benzene rings is 2. The number of methoxy groups -OCH3 is 1. The van der Waals surface area contributed by atoms with Crippen LogP contribution in [0.1, 0.15) is 21.5 Å². The molecular weight excluding hydrogens is 404 g/mol. The zero-order chi connectivity index (χ0) is 21.1. The van der Waals surface area contributed by atoms with E-state index < -0.39 is 28.4 Å². The molecule has 0 spiro atoms. The van der Waals surface area contributed by atoms with Gasteiger partial charge in [0.15, 0.2) is 0 Å². The lowest BCUT2D eigenvalue weighted by molar-refractivity contribution is -0.114. The summed E-state index contributed by atoms with van der Waals surface area (Å²) in [5, 5.41) is 2.76. The molecule has 0 unspecified atom stereocenters. The van der Waals surface area contributed by atoms with Gasteiger partial charge in [0.2, 0.25) is 15.9 Å². The summed E-state index contributed by atoms with van der Waals surface area (Å²) < 4.78 is 30.3. The summed E-state index contributed by atoms with van der Waals surface area (Å²) in [6.45, 7) is 3.21. The number of amides is 1. The average molecular weight is 425 g/mol. The Bertz CT molecular complexity index is 1020. The summed E-state index contributed by atoms with van der Waals surface area (Å²) in [6, 6.07) is 9.50. The molecule has 0 aliphatic rings. The van der Waals surface area contributed by atoms with Crippen LogP contribution in [0.2, 0.25) is 5.02 Å². The summed E-state index contributed by atoms with van der Waals surface area (Å²) in [4.78, 5) is 24.2. The lowest BCUT2D eigenvalue weighted by atomic mass is 10.1. The van der Waals surface area contributed by atoms with Crippen LogP contribution >= 0.6 is 11.6 Å². The number of halogens is 1. The number of nitrogens with one attached hydrogen (secondary N) is 1. The topological polar surface area (TPSA) is 92.8 Å². The van der Waals surface area contributed by atoms with Gasteiger partial charge in [0.05, 0.1) is 35.3 Å². The third-order valence-corrected chi connectivity index (χ3v) is 5.65. The molecule has 0 bridgehead atoms. The largest absolute Gasteiger partial charge is 0.465 e. The van der Waals surface area contributed by atoms with Gasteiger partial charge in [0, 0.05) is 0 Å². The molecular formula is C19H21ClN2O5S. The van der Waals surface area contributed by atoms with E-state index in [0.717, 1.165) is 21.7 Å². The minimum Gasteiger partial charge on any atom is -0.465 e. The molecule has 2 aromatic carbocycles. The molecule has 0 aliphatic heterocycles. The quantitative estimate of drug-likeness (QED) is 0.719. The second kappa shape index (κ2) is 8.62. The van der Waals surface area contributed by atoms with E-state index in [4.69, 9.17) is 11.6 Å². The van der Waals surface area contributed by atoms with Crippen molar-refractivity contribution in [1.29, 1.82) is 0 Å². The van der Waals surface area contributed by atoms with Gasteiger partial charge in [-0.25, -0.2) is 13.2 Å². The van der Waals surface area contributed by atoms with Crippen molar-refractivity contribution < 1.29 is 22.7 Å². The Balaban J connectivity index is 2.31. The SMILES string of the molecule is COC(=O)c1ccc(Cl)c(NC(=O)CN(c2cccc(C)c2C)S(C)(=O)=O)c1. The Kier molecular flexibility index (Phi) is 6.69. The van der Waals surface area contributed by atoms with Crippen molar-refractivity contribution in [2.45, 2.75) is 13.8 Å². The van der Waals surface area contributed by atoms with E-state index in [1.165, 1.54) is 25.3 Å². The van der Waals surface area contributed by atoms with Crippen LogP contribution in [0.5, 0.6) is 0 Å². The fraction of sp³-hybridized carbons (Fsp3) is 0.263. The lowest BCUT2D eigenvalue weighted by Gasteiger charge is -2.24. The van der Waals surface area contributed by atoms with E-state index in [9.17, 15) is 18.0 Å². The molecule has 1 amide bonds. The Labute approximate surface area is 169 Å². The Hall–Kier alpha value is -2.58. The third kappa shape index (κ3) is 5.02. The summed E-state index contributed by atoms with van der Waals surface area (Å²) in [5.74, 6) is -1.18. The zero-order valence-electron chi connectivity index (χ0n) is 15.9. The van der Waals surface area contributed by atoms with E-state index in [0.29, 0.717) is 5.69 Å². The molecule has 1 N–H and O–H groups in total. The van der Waals surface area contributed by atoms with Crippen LogP contribution in [0.4, 0.5) is 11.4 Å². The summed E-state index contributed by atoms with van der Waals surface area (Å²) >= 11 is 6.08. The number of ether oxygens (including phenoxy) is 1. The van der Waals surface area contributed by atoms with Crippen molar-refractivity contribution in [2.75, 3.05) is 29.5 Å². The number of anilines is 2. The number of sulfonamides is 1. The first-order chi connectivity index (χ1) is 13.0. The zero-order valence-corrected chi connectivity index (χ0v) is 17.5. The van der Waals surface area contributed by atoms with Gasteiger partial charge in [-0.15, -0.1) is 0 Å². The number of nitrogens with zero attached hydrogens (tertiary/aromatic N) is 1. The van der Waals surface area contributed by atoms with Crippen molar-refractivity contribution >= 4 is 44.9 Å². The number of hydrogen-bond acceptors (Lipinski definition) is 5. The van der Waals surface area contributed by atoms with E-state index >= 15 is 0 Å². The molecule has 28 heavy (non-hydrogen) atoms. The normalized spacial score (nSPS) is 11.0. The van der Waals surface area contributed by atoms with Gasteiger partial charge in [-0.2, -0.15) is 0 Å². The standard InChI is InChI=1S/C19H21ClN2O5S/c1-12-6-5-7-17(13(12)2)22(28(4,25)26)11-18(23)21-16-10-14(19(24)27-3)8-9-15(16)20/h5-10H,11H2,1-4H3,(H,21,23). The van der Waals surface area contributed by atoms with Gasteiger partial charge in [0.1, 0.15) is 6.54 Å². The number of carbonyl (C=O) groups excluding carboxylic acids is 2. The van der Waals surface area contributed by atoms with E-state index in [2.05, 4.69) is 10.1 Å². The second-order valence-corrected chi connectivity index (χ2v) is 8.54. The maximum Gasteiger partial charge on any atom is 0.337 e. The minimum absolute atomic E-state index is 0.184. The predicted octanol–water partition coefficient (Wildman–Crippen LogP) is 3.15. The first kappa shape index (κ1) is 21.7. The van der Waals surface area contributed by atoms with Gasteiger partial charge >= 0.3 is 5.97 Å². The van der Waals surface area contributed by atoms with Crippen molar-refractivity contribution in [3.63, 3.8) is 0 Å². The smallest absolute Gasteiger partial charge is 0.337 e. The molecule has 0 saturated carbocycles. The molecule has 150 valence electrons. The van der Waals surface area contributed by atoms with Gasteiger partial charge < -0.3 is 10.1 Å².